The van der Waals surface area contributed by atoms with Gasteiger partial charge in [-0.2, -0.15) is 0 Å². The van der Waals surface area contributed by atoms with Crippen molar-refractivity contribution in [3.63, 3.8) is 0 Å². The fraction of sp³-hybridized carbons (Fsp3) is 0. The van der Waals surface area contributed by atoms with Crippen molar-refractivity contribution >= 4 is 86.7 Å². The highest BCUT2D eigenvalue weighted by molar-refractivity contribution is 6.42. The maximum atomic E-state index is 2.53. The average molecular weight is 583 g/mol. The number of nitrogens with zero attached hydrogens (tertiary/aromatic N) is 2. The largest absolute Gasteiger partial charge is 0.309 e. The van der Waals surface area contributed by atoms with Gasteiger partial charge >= 0.3 is 0 Å². The molecule has 0 aliphatic carbocycles. The number of hydrogen-bond donors (Lipinski definition) is 0. The number of aromatic nitrogens is 2. The second-order valence-electron chi connectivity index (χ2n) is 12.5. The minimum Gasteiger partial charge on any atom is -0.309 e. The summed E-state index contributed by atoms with van der Waals surface area (Å²) >= 11 is 0. The molecule has 0 atom stereocenters. The third-order valence-electron chi connectivity index (χ3n) is 10.2. The monoisotopic (exact) mass is 582 g/mol. The molecule has 9 aromatic carbocycles. The molecule has 11 rings (SSSR count). The van der Waals surface area contributed by atoms with Crippen molar-refractivity contribution in [2.45, 2.75) is 0 Å². The van der Waals surface area contributed by atoms with E-state index in [0.29, 0.717) is 0 Å². The Kier molecular flexibility index (Phi) is 4.61. The van der Waals surface area contributed by atoms with E-state index in [1.54, 1.807) is 0 Å². The molecule has 2 heterocycles. The van der Waals surface area contributed by atoms with Gasteiger partial charge in [0.15, 0.2) is 0 Å². The molecule has 0 saturated heterocycles. The number of fused-ring (bicyclic) bond motifs is 10. The van der Waals surface area contributed by atoms with Crippen LogP contribution < -0.4 is 0 Å². The van der Waals surface area contributed by atoms with Crippen LogP contribution in [0.1, 0.15) is 0 Å². The number of benzene rings is 9. The van der Waals surface area contributed by atoms with E-state index in [0.717, 1.165) is 0 Å². The third kappa shape index (κ3) is 2.96. The molecule has 0 fully saturated rings. The van der Waals surface area contributed by atoms with Crippen LogP contribution in [-0.2, 0) is 0 Å². The highest BCUT2D eigenvalue weighted by Gasteiger charge is 2.25. The van der Waals surface area contributed by atoms with Crippen LogP contribution in [0.4, 0.5) is 0 Å². The summed E-state index contributed by atoms with van der Waals surface area (Å²) in [7, 11) is 0. The Hall–Kier alpha value is -6.12. The van der Waals surface area contributed by atoms with Gasteiger partial charge < -0.3 is 9.13 Å². The minimum absolute atomic E-state index is 1.18. The van der Waals surface area contributed by atoms with Gasteiger partial charge in [-0.25, -0.2) is 0 Å². The smallest absolute Gasteiger partial charge is 0.0568 e. The van der Waals surface area contributed by atoms with E-state index in [1.807, 2.05) is 0 Å². The predicted molar refractivity (Wildman–Crippen MR) is 196 cm³/mol. The van der Waals surface area contributed by atoms with Gasteiger partial charge in [0.05, 0.1) is 27.8 Å². The Balaban J connectivity index is 1.46. The van der Waals surface area contributed by atoms with E-state index in [1.165, 1.54) is 98.1 Å². The van der Waals surface area contributed by atoms with Gasteiger partial charge in [0.1, 0.15) is 0 Å². The first-order valence-electron chi connectivity index (χ1n) is 16.0. The molecule has 0 bridgehead atoms. The summed E-state index contributed by atoms with van der Waals surface area (Å²) in [6, 6.07) is 58.1. The average Bonchev–Trinajstić information content (AvgIpc) is 3.63. The molecular weight excluding hydrogens is 556 g/mol. The van der Waals surface area contributed by atoms with Gasteiger partial charge in [-0.3, -0.25) is 0 Å². The standard InChI is InChI=1S/C44H26N2/c1-2-14-28(15-3-1)45-37-24-12-22-33-31-18-7-9-20-34(31)43-42-35-21-10-11-23-36(35)46(39(42)26-40(45)44(43)41(33)37)38-25-27-13-4-5-16-29(27)30-17-6-8-19-32(30)38/h1-26H. The Morgan fingerprint density at radius 1 is 0.283 bits per heavy atom. The maximum absolute atomic E-state index is 2.53. The van der Waals surface area contributed by atoms with Gasteiger partial charge in [-0.15, -0.1) is 0 Å². The SMILES string of the molecule is c1ccc(-n2c3cccc4c5ccccc5c5c6c7ccccc7n(-c7cc8ccccc8c8ccccc78)c6cc2c5c43)cc1. The Morgan fingerprint density at radius 3 is 1.65 bits per heavy atom. The van der Waals surface area contributed by atoms with Gasteiger partial charge in [-0.05, 0) is 68.7 Å². The molecule has 2 aromatic heterocycles. The summed E-state index contributed by atoms with van der Waals surface area (Å²) in [5.41, 5.74) is 7.31. The molecule has 0 unspecified atom stereocenters. The first-order valence-corrected chi connectivity index (χ1v) is 16.0. The van der Waals surface area contributed by atoms with Crippen LogP contribution >= 0.6 is 0 Å². The lowest BCUT2D eigenvalue weighted by Gasteiger charge is -2.15. The second-order valence-corrected chi connectivity index (χ2v) is 12.5. The van der Waals surface area contributed by atoms with Gasteiger partial charge in [0.2, 0.25) is 0 Å². The molecule has 0 saturated carbocycles. The molecular formula is C44H26N2. The Morgan fingerprint density at radius 2 is 0.826 bits per heavy atom. The van der Waals surface area contributed by atoms with Crippen molar-refractivity contribution in [1.29, 1.82) is 0 Å². The quantitative estimate of drug-likeness (QED) is 0.179. The zero-order valence-corrected chi connectivity index (χ0v) is 24.9. The van der Waals surface area contributed by atoms with Crippen LogP contribution in [0.3, 0.4) is 0 Å². The topological polar surface area (TPSA) is 9.86 Å². The van der Waals surface area contributed by atoms with Gasteiger partial charge in [-0.1, -0.05) is 121 Å². The molecule has 2 nitrogen and oxygen atoms in total. The summed E-state index contributed by atoms with van der Waals surface area (Å²) < 4.78 is 5.00. The lowest BCUT2D eigenvalue weighted by molar-refractivity contribution is 1.17. The van der Waals surface area contributed by atoms with E-state index in [-0.39, 0.29) is 0 Å². The van der Waals surface area contributed by atoms with Crippen molar-refractivity contribution in [1.82, 2.24) is 9.13 Å². The van der Waals surface area contributed by atoms with Crippen LogP contribution in [0.15, 0.2) is 158 Å². The second kappa shape index (κ2) is 8.74. The fourth-order valence-corrected chi connectivity index (χ4v) is 8.43. The summed E-state index contributed by atoms with van der Waals surface area (Å²) in [4.78, 5) is 0. The molecule has 212 valence electrons. The highest BCUT2D eigenvalue weighted by atomic mass is 15.0. The van der Waals surface area contributed by atoms with Crippen LogP contribution in [0, 0.1) is 0 Å². The zero-order chi connectivity index (χ0) is 29.9. The number of para-hydroxylation sites is 2. The first-order chi connectivity index (χ1) is 22.9. The highest BCUT2D eigenvalue weighted by Crippen LogP contribution is 2.49. The van der Waals surface area contributed by atoms with Crippen LogP contribution in [-0.4, -0.2) is 9.13 Å². The molecule has 0 aliphatic heterocycles. The zero-order valence-electron chi connectivity index (χ0n) is 24.9. The molecule has 0 radical (unpaired) electrons. The van der Waals surface area contributed by atoms with Gasteiger partial charge in [0, 0.05) is 38.0 Å². The lowest BCUT2D eigenvalue weighted by Crippen LogP contribution is -1.97. The van der Waals surface area contributed by atoms with Crippen LogP contribution in [0.5, 0.6) is 0 Å². The molecule has 2 heteroatoms. The number of rotatable bonds is 2. The molecule has 11 aromatic rings. The van der Waals surface area contributed by atoms with Crippen LogP contribution in [0.25, 0.3) is 98.1 Å². The van der Waals surface area contributed by atoms with E-state index in [9.17, 15) is 0 Å². The minimum atomic E-state index is 1.18. The van der Waals surface area contributed by atoms with E-state index in [4.69, 9.17) is 0 Å². The van der Waals surface area contributed by atoms with E-state index < -0.39 is 0 Å². The van der Waals surface area contributed by atoms with Crippen molar-refractivity contribution in [3.05, 3.63) is 158 Å². The summed E-state index contributed by atoms with van der Waals surface area (Å²) in [6.45, 7) is 0. The first kappa shape index (κ1) is 24.2. The molecule has 0 amide bonds. The van der Waals surface area contributed by atoms with Crippen molar-refractivity contribution in [2.75, 3.05) is 0 Å². The van der Waals surface area contributed by atoms with Crippen molar-refractivity contribution in [3.8, 4) is 11.4 Å². The Labute approximate surface area is 264 Å². The molecule has 0 N–H and O–H groups in total. The third-order valence-corrected chi connectivity index (χ3v) is 10.2. The molecule has 0 aliphatic rings. The molecule has 46 heavy (non-hydrogen) atoms. The lowest BCUT2D eigenvalue weighted by atomic mass is 9.92. The van der Waals surface area contributed by atoms with Crippen LogP contribution in [0.2, 0.25) is 0 Å². The summed E-state index contributed by atoms with van der Waals surface area (Å²) in [5.74, 6) is 0. The van der Waals surface area contributed by atoms with Gasteiger partial charge in [0.25, 0.3) is 0 Å². The normalized spacial score (nSPS) is 12.3. The summed E-state index contributed by atoms with van der Waals surface area (Å²) in [5, 5.41) is 15.6. The number of hydrogen-bond acceptors (Lipinski definition) is 0. The molecule has 0 spiro atoms. The summed E-state index contributed by atoms with van der Waals surface area (Å²) in [6.07, 6.45) is 0. The predicted octanol–water partition coefficient (Wildman–Crippen LogP) is 11.9. The maximum Gasteiger partial charge on any atom is 0.0568 e. The Bertz CT molecular complexity index is 3010. The van der Waals surface area contributed by atoms with Crippen molar-refractivity contribution in [2.24, 2.45) is 0 Å². The van der Waals surface area contributed by atoms with E-state index in [2.05, 4.69) is 167 Å². The van der Waals surface area contributed by atoms with E-state index >= 15 is 0 Å². The van der Waals surface area contributed by atoms with Crippen molar-refractivity contribution < 1.29 is 0 Å². The fourth-order valence-electron chi connectivity index (χ4n) is 8.43.